The topological polar surface area (TPSA) is 49.9 Å². The van der Waals surface area contributed by atoms with Crippen LogP contribution in [0.25, 0.3) is 0 Å². The Morgan fingerprint density at radius 1 is 1.21 bits per heavy atom. The van der Waals surface area contributed by atoms with Crippen LogP contribution < -0.4 is 4.74 Å². The zero-order valence-electron chi connectivity index (χ0n) is 16.9. The van der Waals surface area contributed by atoms with Crippen LogP contribution in [0.5, 0.6) is 5.75 Å². The molecule has 0 aliphatic carbocycles. The van der Waals surface area contributed by atoms with Crippen LogP contribution >= 0.6 is 0 Å². The highest BCUT2D eigenvalue weighted by Crippen LogP contribution is 2.22. The van der Waals surface area contributed by atoms with E-state index >= 15 is 0 Å². The van der Waals surface area contributed by atoms with E-state index in [0.29, 0.717) is 32.5 Å². The summed E-state index contributed by atoms with van der Waals surface area (Å²) >= 11 is 0. The molecule has 1 unspecified atom stereocenters. The number of hydrogen-bond acceptors (Lipinski definition) is 3. The van der Waals surface area contributed by atoms with Crippen LogP contribution in [0.2, 0.25) is 0 Å². The summed E-state index contributed by atoms with van der Waals surface area (Å²) in [4.78, 5) is 28.8. The summed E-state index contributed by atoms with van der Waals surface area (Å²) in [6.45, 7) is 3.26. The van der Waals surface area contributed by atoms with Gasteiger partial charge < -0.3 is 14.5 Å². The Morgan fingerprint density at radius 3 is 2.59 bits per heavy atom. The Balaban J connectivity index is 1.78. The van der Waals surface area contributed by atoms with Gasteiger partial charge in [0.05, 0.1) is 7.11 Å². The molecule has 0 N–H and O–H groups in total. The minimum atomic E-state index is -0.507. The van der Waals surface area contributed by atoms with Gasteiger partial charge >= 0.3 is 0 Å². The normalized spacial score (nSPS) is 14.7. The van der Waals surface area contributed by atoms with Crippen molar-refractivity contribution in [3.05, 3.63) is 65.5 Å². The van der Waals surface area contributed by atoms with Crippen molar-refractivity contribution in [2.75, 3.05) is 20.2 Å². The van der Waals surface area contributed by atoms with E-state index in [1.165, 1.54) is 12.1 Å². The van der Waals surface area contributed by atoms with Gasteiger partial charge in [-0.05, 0) is 43.5 Å². The summed E-state index contributed by atoms with van der Waals surface area (Å²) in [5.41, 5.74) is 1.86. The van der Waals surface area contributed by atoms with E-state index in [0.717, 1.165) is 23.3 Å². The van der Waals surface area contributed by atoms with E-state index in [9.17, 15) is 14.0 Å². The van der Waals surface area contributed by atoms with Crippen molar-refractivity contribution in [1.29, 1.82) is 0 Å². The molecule has 0 saturated carbocycles. The molecular formula is C23H27FN2O3. The molecule has 154 valence electrons. The minimum absolute atomic E-state index is 0.0293. The number of carbonyl (C=O) groups excluding carboxylic acids is 2. The molecule has 0 radical (unpaired) electrons. The van der Waals surface area contributed by atoms with Crippen molar-refractivity contribution in [2.45, 2.75) is 38.8 Å². The molecule has 0 aromatic heterocycles. The molecule has 29 heavy (non-hydrogen) atoms. The fraction of sp³-hybridized carbons (Fsp3) is 0.391. The molecule has 1 saturated heterocycles. The van der Waals surface area contributed by atoms with E-state index in [1.54, 1.807) is 36.0 Å². The van der Waals surface area contributed by atoms with E-state index in [4.69, 9.17) is 4.74 Å². The van der Waals surface area contributed by atoms with Crippen LogP contribution in [0.4, 0.5) is 4.39 Å². The first kappa shape index (κ1) is 20.8. The first-order valence-corrected chi connectivity index (χ1v) is 9.94. The Labute approximate surface area is 171 Å². The molecule has 1 aliphatic rings. The minimum Gasteiger partial charge on any atom is -0.496 e. The molecule has 1 atom stereocenters. The third kappa shape index (κ3) is 5.13. The van der Waals surface area contributed by atoms with Crippen LogP contribution in [0.1, 0.15) is 30.9 Å². The highest BCUT2D eigenvalue weighted by molar-refractivity contribution is 5.88. The third-order valence-electron chi connectivity index (χ3n) is 5.38. The maximum absolute atomic E-state index is 13.3. The van der Waals surface area contributed by atoms with E-state index in [1.807, 2.05) is 24.3 Å². The van der Waals surface area contributed by atoms with Gasteiger partial charge in [0.2, 0.25) is 11.8 Å². The Kier molecular flexibility index (Phi) is 6.86. The third-order valence-corrected chi connectivity index (χ3v) is 5.38. The Morgan fingerprint density at radius 2 is 1.93 bits per heavy atom. The molecule has 0 bridgehead atoms. The molecule has 5 nitrogen and oxygen atoms in total. The fourth-order valence-electron chi connectivity index (χ4n) is 3.70. The van der Waals surface area contributed by atoms with Crippen LogP contribution in [0, 0.1) is 5.82 Å². The van der Waals surface area contributed by atoms with Gasteiger partial charge in [0.25, 0.3) is 0 Å². The van der Waals surface area contributed by atoms with Crippen molar-refractivity contribution in [2.24, 2.45) is 0 Å². The fourth-order valence-corrected chi connectivity index (χ4v) is 3.70. The molecule has 0 spiro atoms. The summed E-state index contributed by atoms with van der Waals surface area (Å²) < 4.78 is 18.6. The second-order valence-electron chi connectivity index (χ2n) is 7.31. The highest BCUT2D eigenvalue weighted by Gasteiger charge is 2.32. The lowest BCUT2D eigenvalue weighted by atomic mass is 10.1. The van der Waals surface area contributed by atoms with Gasteiger partial charge in [0.1, 0.15) is 17.6 Å². The zero-order valence-corrected chi connectivity index (χ0v) is 16.9. The number of rotatable bonds is 8. The maximum atomic E-state index is 13.3. The molecule has 1 heterocycles. The van der Waals surface area contributed by atoms with Gasteiger partial charge in [0.15, 0.2) is 0 Å². The molecule has 2 aromatic carbocycles. The smallest absolute Gasteiger partial charge is 0.245 e. The van der Waals surface area contributed by atoms with Crippen molar-refractivity contribution >= 4 is 11.8 Å². The van der Waals surface area contributed by atoms with Crippen molar-refractivity contribution in [3.8, 4) is 5.75 Å². The van der Waals surface area contributed by atoms with E-state index in [2.05, 4.69) is 0 Å². The molecular weight excluding hydrogens is 371 g/mol. The van der Waals surface area contributed by atoms with Gasteiger partial charge in [-0.2, -0.15) is 0 Å². The SMILES string of the molecule is COc1ccccc1CN(CCc1ccc(F)cc1)C(=O)C(C)N1CCCC1=O. The second kappa shape index (κ2) is 9.54. The molecule has 3 rings (SSSR count). The van der Waals surface area contributed by atoms with Crippen LogP contribution in [0.3, 0.4) is 0 Å². The lowest BCUT2D eigenvalue weighted by Gasteiger charge is -2.31. The largest absolute Gasteiger partial charge is 0.496 e. The van der Waals surface area contributed by atoms with Crippen molar-refractivity contribution in [1.82, 2.24) is 9.80 Å². The predicted molar refractivity (Wildman–Crippen MR) is 109 cm³/mol. The number of halogens is 1. The average molecular weight is 398 g/mol. The number of benzene rings is 2. The second-order valence-corrected chi connectivity index (χ2v) is 7.31. The monoisotopic (exact) mass is 398 g/mol. The predicted octanol–water partition coefficient (Wildman–Crippen LogP) is 3.42. The standard InChI is InChI=1S/C23H27FN2O3/c1-17(26-14-5-8-22(26)27)23(28)25(15-13-18-9-11-20(24)12-10-18)16-19-6-3-4-7-21(19)29-2/h3-4,6-7,9-12,17H,5,8,13-16H2,1-2H3. The van der Waals surface area contributed by atoms with Crippen molar-refractivity contribution in [3.63, 3.8) is 0 Å². The van der Waals surface area contributed by atoms with E-state index < -0.39 is 6.04 Å². The molecule has 1 fully saturated rings. The first-order valence-electron chi connectivity index (χ1n) is 9.94. The number of hydrogen-bond donors (Lipinski definition) is 0. The number of carbonyl (C=O) groups is 2. The highest BCUT2D eigenvalue weighted by atomic mass is 19.1. The number of ether oxygens (including phenoxy) is 1. The quantitative estimate of drug-likeness (QED) is 0.685. The van der Waals surface area contributed by atoms with Gasteiger partial charge in [-0.1, -0.05) is 30.3 Å². The summed E-state index contributed by atoms with van der Waals surface area (Å²) in [7, 11) is 1.61. The number of likely N-dealkylation sites (tertiary alicyclic amines) is 1. The summed E-state index contributed by atoms with van der Waals surface area (Å²) in [5, 5.41) is 0. The lowest BCUT2D eigenvalue weighted by Crippen LogP contribution is -2.48. The molecule has 1 aliphatic heterocycles. The molecule has 2 amide bonds. The van der Waals surface area contributed by atoms with Gasteiger partial charge in [-0.15, -0.1) is 0 Å². The first-order chi connectivity index (χ1) is 14.0. The van der Waals surface area contributed by atoms with Gasteiger partial charge in [-0.25, -0.2) is 4.39 Å². The summed E-state index contributed by atoms with van der Waals surface area (Å²) in [6, 6.07) is 13.4. The number of methoxy groups -OCH3 is 1. The maximum Gasteiger partial charge on any atom is 0.245 e. The average Bonchev–Trinajstić information content (AvgIpc) is 3.17. The van der Waals surface area contributed by atoms with Crippen molar-refractivity contribution < 1.29 is 18.7 Å². The summed E-state index contributed by atoms with van der Waals surface area (Å²) in [6.07, 6.45) is 1.89. The molecule has 6 heteroatoms. The Bertz CT molecular complexity index is 853. The van der Waals surface area contributed by atoms with Crippen LogP contribution in [0.15, 0.2) is 48.5 Å². The zero-order chi connectivity index (χ0) is 20.8. The van der Waals surface area contributed by atoms with Gasteiger partial charge in [-0.3, -0.25) is 9.59 Å². The number of para-hydroxylation sites is 1. The van der Waals surface area contributed by atoms with Crippen LogP contribution in [-0.2, 0) is 22.6 Å². The van der Waals surface area contributed by atoms with Gasteiger partial charge in [0, 0.05) is 31.6 Å². The van der Waals surface area contributed by atoms with E-state index in [-0.39, 0.29) is 17.6 Å². The summed E-state index contributed by atoms with van der Waals surface area (Å²) in [5.74, 6) is 0.378. The lowest BCUT2D eigenvalue weighted by molar-refractivity contribution is -0.143. The Hall–Kier alpha value is -2.89. The molecule has 2 aromatic rings. The van der Waals surface area contributed by atoms with Crippen LogP contribution in [-0.4, -0.2) is 47.9 Å². The number of nitrogens with zero attached hydrogens (tertiary/aromatic N) is 2. The number of amides is 2.